The van der Waals surface area contributed by atoms with Crippen LogP contribution >= 0.6 is 0 Å². The van der Waals surface area contributed by atoms with Crippen molar-refractivity contribution in [3.05, 3.63) is 29.8 Å². The van der Waals surface area contributed by atoms with Crippen LogP contribution in [0.3, 0.4) is 0 Å². The Morgan fingerprint density at radius 2 is 2.10 bits per heavy atom. The first-order chi connectivity index (χ1) is 9.88. The molecule has 1 atom stereocenters. The summed E-state index contributed by atoms with van der Waals surface area (Å²) in [5.41, 5.74) is -1.26. The van der Waals surface area contributed by atoms with E-state index in [2.05, 4.69) is 5.32 Å². The maximum atomic E-state index is 11.6. The number of hydrogen-bond acceptors (Lipinski definition) is 5. The Balaban J connectivity index is 1.92. The van der Waals surface area contributed by atoms with Crippen molar-refractivity contribution >= 4 is 18.0 Å². The molecule has 1 aromatic carbocycles. The van der Waals surface area contributed by atoms with Crippen molar-refractivity contribution in [2.24, 2.45) is 0 Å². The highest BCUT2D eigenvalue weighted by atomic mass is 16.7. The highest BCUT2D eigenvalue weighted by Gasteiger charge is 2.29. The molecule has 1 aromatic rings. The molecule has 112 valence electrons. The van der Waals surface area contributed by atoms with Gasteiger partial charge in [-0.2, -0.15) is 0 Å². The van der Waals surface area contributed by atoms with E-state index in [1.54, 1.807) is 24.3 Å². The zero-order valence-corrected chi connectivity index (χ0v) is 11.3. The number of benzene rings is 1. The monoisotopic (exact) mass is 293 g/mol. The second-order valence-electron chi connectivity index (χ2n) is 4.74. The summed E-state index contributed by atoms with van der Waals surface area (Å²) in [5.74, 6) is -0.655. The smallest absolute Gasteiger partial charge is 0.337 e. The van der Waals surface area contributed by atoms with Crippen molar-refractivity contribution in [3.63, 3.8) is 0 Å². The number of hydrogen-bond donors (Lipinski definition) is 3. The Morgan fingerprint density at radius 3 is 2.81 bits per heavy atom. The molecule has 0 bridgehead atoms. The fraction of sp³-hybridized carbons (Fsp3) is 0.286. The van der Waals surface area contributed by atoms with E-state index in [-0.39, 0.29) is 13.3 Å². The molecule has 7 heteroatoms. The highest BCUT2D eigenvalue weighted by Crippen LogP contribution is 2.32. The van der Waals surface area contributed by atoms with Crippen LogP contribution in [0.15, 0.2) is 24.3 Å². The molecule has 0 radical (unpaired) electrons. The summed E-state index contributed by atoms with van der Waals surface area (Å²) in [4.78, 5) is 22.2. The number of carbonyl (C=O) groups is 2. The lowest BCUT2D eigenvalue weighted by Crippen LogP contribution is -2.46. The molecule has 21 heavy (non-hydrogen) atoms. The fourth-order valence-corrected chi connectivity index (χ4v) is 1.58. The first kappa shape index (κ1) is 14.9. The van der Waals surface area contributed by atoms with Crippen molar-refractivity contribution in [2.75, 3.05) is 13.3 Å². The molecular formula is C14H15NO6. The summed E-state index contributed by atoms with van der Waals surface area (Å²) in [7, 11) is 0. The summed E-state index contributed by atoms with van der Waals surface area (Å²) in [5, 5.41) is 20.5. The molecule has 0 aromatic heterocycles. The van der Waals surface area contributed by atoms with Crippen molar-refractivity contribution in [2.45, 2.75) is 12.5 Å². The van der Waals surface area contributed by atoms with Crippen LogP contribution in [0.1, 0.15) is 12.5 Å². The Kier molecular flexibility index (Phi) is 4.13. The maximum absolute atomic E-state index is 11.6. The summed E-state index contributed by atoms with van der Waals surface area (Å²) < 4.78 is 10.4. The molecule has 0 saturated heterocycles. The number of aliphatic hydroxyl groups is 1. The van der Waals surface area contributed by atoms with Gasteiger partial charge in [-0.25, -0.2) is 4.79 Å². The summed E-state index contributed by atoms with van der Waals surface area (Å²) in [6.45, 7) is 0.900. The molecule has 1 aliphatic heterocycles. The molecular weight excluding hydrogens is 278 g/mol. The van der Waals surface area contributed by atoms with Crippen molar-refractivity contribution in [1.82, 2.24) is 5.32 Å². The van der Waals surface area contributed by atoms with E-state index >= 15 is 0 Å². The lowest BCUT2D eigenvalue weighted by Gasteiger charge is -2.17. The van der Waals surface area contributed by atoms with Crippen LogP contribution in [0.4, 0.5) is 0 Å². The van der Waals surface area contributed by atoms with Gasteiger partial charge >= 0.3 is 5.97 Å². The van der Waals surface area contributed by atoms with Crippen LogP contribution in [0.2, 0.25) is 0 Å². The minimum Gasteiger partial charge on any atom is -0.479 e. The van der Waals surface area contributed by atoms with Crippen LogP contribution in [-0.4, -0.2) is 41.0 Å². The lowest BCUT2D eigenvalue weighted by molar-refractivity contribution is -0.156. The number of carboxylic acid groups (broad SMARTS) is 1. The predicted molar refractivity (Wildman–Crippen MR) is 72.9 cm³/mol. The van der Waals surface area contributed by atoms with Gasteiger partial charge < -0.3 is 25.0 Å². The molecule has 0 aliphatic carbocycles. The Bertz CT molecular complexity index is 593. The Morgan fingerprint density at radius 1 is 1.38 bits per heavy atom. The predicted octanol–water partition coefficient (Wildman–Crippen LogP) is 0.380. The third-order valence-corrected chi connectivity index (χ3v) is 2.89. The van der Waals surface area contributed by atoms with E-state index in [9.17, 15) is 14.7 Å². The van der Waals surface area contributed by atoms with Gasteiger partial charge in [-0.1, -0.05) is 6.07 Å². The van der Waals surface area contributed by atoms with Gasteiger partial charge in [0.25, 0.3) is 0 Å². The Hall–Kier alpha value is -2.54. The molecule has 1 amide bonds. The third kappa shape index (κ3) is 3.73. The van der Waals surface area contributed by atoms with Crippen molar-refractivity contribution in [3.8, 4) is 11.5 Å². The van der Waals surface area contributed by atoms with E-state index in [0.29, 0.717) is 11.5 Å². The van der Waals surface area contributed by atoms with Gasteiger partial charge in [0, 0.05) is 6.08 Å². The second kappa shape index (κ2) is 5.84. The number of carboxylic acids is 1. The number of carbonyl (C=O) groups excluding carboxylic acids is 1. The molecule has 1 unspecified atom stereocenters. The minimum atomic E-state index is -2.00. The topological polar surface area (TPSA) is 105 Å². The largest absolute Gasteiger partial charge is 0.479 e. The summed E-state index contributed by atoms with van der Waals surface area (Å²) >= 11 is 0. The minimum absolute atomic E-state index is 0.174. The van der Waals surface area contributed by atoms with Crippen LogP contribution in [0, 0.1) is 0 Å². The molecule has 1 heterocycles. The average molecular weight is 293 g/mol. The number of fused-ring (bicyclic) bond motifs is 1. The number of ether oxygens (including phenoxy) is 2. The van der Waals surface area contributed by atoms with Crippen LogP contribution < -0.4 is 14.8 Å². The van der Waals surface area contributed by atoms with E-state index in [1.807, 2.05) is 0 Å². The third-order valence-electron chi connectivity index (χ3n) is 2.89. The quantitative estimate of drug-likeness (QED) is 0.678. The first-order valence-corrected chi connectivity index (χ1v) is 6.20. The van der Waals surface area contributed by atoms with E-state index < -0.39 is 17.5 Å². The average Bonchev–Trinajstić information content (AvgIpc) is 2.90. The van der Waals surface area contributed by atoms with Crippen LogP contribution in [0.25, 0.3) is 6.08 Å². The second-order valence-corrected chi connectivity index (χ2v) is 4.74. The molecule has 0 spiro atoms. The Labute approximate surface area is 120 Å². The van der Waals surface area contributed by atoms with E-state index in [1.165, 1.54) is 6.08 Å². The highest BCUT2D eigenvalue weighted by molar-refractivity contribution is 5.92. The molecule has 2 rings (SSSR count). The molecule has 0 fully saturated rings. The summed E-state index contributed by atoms with van der Waals surface area (Å²) in [6.07, 6.45) is 2.79. The number of rotatable bonds is 5. The normalized spacial score (nSPS) is 15.7. The standard InChI is InChI=1S/C14H15NO6/c1-14(19,13(17)18)7-15-12(16)5-3-9-2-4-10-11(6-9)21-8-20-10/h2-6,19H,7-8H2,1H3,(H,15,16)(H,17,18). The molecule has 0 saturated carbocycles. The molecule has 7 nitrogen and oxygen atoms in total. The van der Waals surface area contributed by atoms with E-state index in [0.717, 1.165) is 12.5 Å². The van der Waals surface area contributed by atoms with Gasteiger partial charge in [-0.15, -0.1) is 0 Å². The fourth-order valence-electron chi connectivity index (χ4n) is 1.58. The molecule has 1 aliphatic rings. The van der Waals surface area contributed by atoms with Gasteiger partial charge in [0.15, 0.2) is 17.1 Å². The maximum Gasteiger partial charge on any atom is 0.337 e. The first-order valence-electron chi connectivity index (χ1n) is 6.20. The SMILES string of the molecule is CC(O)(CNC(=O)C=Cc1ccc2c(c1)OCO2)C(=O)O. The van der Waals surface area contributed by atoms with Crippen LogP contribution in [0.5, 0.6) is 11.5 Å². The van der Waals surface area contributed by atoms with Gasteiger partial charge in [0.2, 0.25) is 12.7 Å². The van der Waals surface area contributed by atoms with Gasteiger partial charge in [-0.05, 0) is 30.7 Å². The number of amides is 1. The zero-order valence-electron chi connectivity index (χ0n) is 11.3. The van der Waals surface area contributed by atoms with Gasteiger partial charge in [-0.3, -0.25) is 4.79 Å². The lowest BCUT2D eigenvalue weighted by atomic mass is 10.1. The zero-order chi connectivity index (χ0) is 15.5. The van der Waals surface area contributed by atoms with Crippen molar-refractivity contribution < 1.29 is 29.3 Å². The van der Waals surface area contributed by atoms with Crippen LogP contribution in [-0.2, 0) is 9.59 Å². The van der Waals surface area contributed by atoms with Crippen molar-refractivity contribution in [1.29, 1.82) is 0 Å². The molecule has 3 N–H and O–H groups in total. The van der Waals surface area contributed by atoms with E-state index in [4.69, 9.17) is 14.6 Å². The van der Waals surface area contributed by atoms with Gasteiger partial charge in [0.05, 0.1) is 6.54 Å². The van der Waals surface area contributed by atoms with Gasteiger partial charge in [0.1, 0.15) is 0 Å². The summed E-state index contributed by atoms with van der Waals surface area (Å²) in [6, 6.07) is 5.21. The number of aliphatic carboxylic acids is 1. The number of nitrogens with one attached hydrogen (secondary N) is 1.